The van der Waals surface area contributed by atoms with E-state index in [4.69, 9.17) is 21.1 Å². The van der Waals surface area contributed by atoms with Gasteiger partial charge in [0.15, 0.2) is 5.16 Å². The Kier molecular flexibility index (Phi) is 5.86. The lowest BCUT2D eigenvalue weighted by molar-refractivity contribution is 0.218. The molecule has 3 rings (SSSR count). The van der Waals surface area contributed by atoms with E-state index in [-0.39, 0.29) is 5.56 Å². The van der Waals surface area contributed by atoms with Crippen molar-refractivity contribution in [1.82, 2.24) is 9.55 Å². The summed E-state index contributed by atoms with van der Waals surface area (Å²) in [5, 5.41) is 1.63. The molecule has 0 aliphatic rings. The van der Waals surface area contributed by atoms with Crippen molar-refractivity contribution in [2.75, 3.05) is 26.6 Å². The van der Waals surface area contributed by atoms with Gasteiger partial charge in [0, 0.05) is 17.9 Å². The molecule has 0 N–H and O–H groups in total. The van der Waals surface area contributed by atoms with Crippen molar-refractivity contribution in [2.24, 2.45) is 0 Å². The van der Waals surface area contributed by atoms with Crippen molar-refractivity contribution >= 4 is 34.3 Å². The summed E-state index contributed by atoms with van der Waals surface area (Å²) in [5.74, 6) is 1.28. The van der Waals surface area contributed by atoms with Gasteiger partial charge in [-0.1, -0.05) is 29.4 Å². The fourth-order valence-corrected chi connectivity index (χ4v) is 3.71. The van der Waals surface area contributed by atoms with Gasteiger partial charge < -0.3 is 9.47 Å². The summed E-state index contributed by atoms with van der Waals surface area (Å²) in [6.45, 7) is 2.53. The Balaban J connectivity index is 2.29. The summed E-state index contributed by atoms with van der Waals surface area (Å²) < 4.78 is 12.2. The van der Waals surface area contributed by atoms with Gasteiger partial charge in [-0.15, -0.1) is 0 Å². The first-order valence-corrected chi connectivity index (χ1v) is 9.40. The molecular formula is C19H19ClN2O3S. The third-order valence-corrected chi connectivity index (χ3v) is 5.03. The molecule has 0 unspecified atom stereocenters. The number of methoxy groups -OCH3 is 2. The van der Waals surface area contributed by atoms with Crippen LogP contribution in [0.3, 0.4) is 0 Å². The van der Waals surface area contributed by atoms with Crippen LogP contribution in [0.25, 0.3) is 16.6 Å². The highest BCUT2D eigenvalue weighted by Crippen LogP contribution is 2.28. The van der Waals surface area contributed by atoms with Crippen LogP contribution < -0.4 is 10.3 Å². The van der Waals surface area contributed by atoms with Crippen LogP contribution in [0.1, 0.15) is 5.56 Å². The van der Waals surface area contributed by atoms with Crippen LogP contribution >= 0.6 is 23.4 Å². The maximum Gasteiger partial charge on any atom is 0.266 e. The Morgan fingerprint density at radius 2 is 2.00 bits per heavy atom. The lowest BCUT2D eigenvalue weighted by Crippen LogP contribution is -2.22. The van der Waals surface area contributed by atoms with Crippen LogP contribution in [0, 0.1) is 6.92 Å². The number of thioether (sulfide) groups is 1. The predicted octanol–water partition coefficient (Wildman–Crippen LogP) is 4.09. The quantitative estimate of drug-likeness (QED) is 0.360. The van der Waals surface area contributed by atoms with Crippen LogP contribution in [-0.2, 0) is 4.74 Å². The molecule has 1 aromatic heterocycles. The molecule has 0 aliphatic heterocycles. The van der Waals surface area contributed by atoms with Crippen molar-refractivity contribution in [2.45, 2.75) is 12.1 Å². The molecule has 0 atom stereocenters. The maximum absolute atomic E-state index is 13.3. The molecule has 0 spiro atoms. The number of aromatic nitrogens is 2. The van der Waals surface area contributed by atoms with E-state index in [1.807, 2.05) is 25.1 Å². The molecule has 5 nitrogen and oxygen atoms in total. The minimum atomic E-state index is -0.157. The molecule has 0 saturated carbocycles. The first-order chi connectivity index (χ1) is 12.5. The van der Waals surface area contributed by atoms with Gasteiger partial charge in [-0.2, -0.15) is 0 Å². The van der Waals surface area contributed by atoms with Crippen LogP contribution in [0.4, 0.5) is 0 Å². The van der Waals surface area contributed by atoms with Crippen molar-refractivity contribution < 1.29 is 9.47 Å². The molecule has 3 aromatic rings. The molecule has 7 heteroatoms. The van der Waals surface area contributed by atoms with Gasteiger partial charge in [-0.05, 0) is 42.8 Å². The molecule has 0 bridgehead atoms. The van der Waals surface area contributed by atoms with Crippen molar-refractivity contribution in [3.63, 3.8) is 0 Å². The average molecular weight is 391 g/mol. The highest BCUT2D eigenvalue weighted by atomic mass is 35.5. The molecular weight excluding hydrogens is 372 g/mol. The number of halogens is 1. The molecule has 0 aliphatic carbocycles. The zero-order chi connectivity index (χ0) is 18.7. The fourth-order valence-electron chi connectivity index (χ4n) is 2.64. The molecule has 0 amide bonds. The molecule has 0 saturated heterocycles. The van der Waals surface area contributed by atoms with E-state index < -0.39 is 0 Å². The van der Waals surface area contributed by atoms with Crippen LogP contribution in [-0.4, -0.2) is 36.1 Å². The minimum absolute atomic E-state index is 0.157. The van der Waals surface area contributed by atoms with Crippen molar-refractivity contribution in [3.05, 3.63) is 57.3 Å². The highest BCUT2D eigenvalue weighted by molar-refractivity contribution is 7.99. The van der Waals surface area contributed by atoms with E-state index in [1.165, 1.54) is 11.8 Å². The van der Waals surface area contributed by atoms with E-state index in [9.17, 15) is 4.79 Å². The average Bonchev–Trinajstić information content (AvgIpc) is 2.62. The number of hydrogen-bond acceptors (Lipinski definition) is 5. The Bertz CT molecular complexity index is 1000. The summed E-state index contributed by atoms with van der Waals surface area (Å²) in [6.07, 6.45) is 0. The Hall–Kier alpha value is -2.02. The standard InChI is InChI=1S/C19H19ClN2O3S/c1-12-4-7-17(25-3)16(10-12)22-18(23)14-6-5-13(20)11-15(14)21-19(22)26-9-8-24-2/h4-7,10-11H,8-9H2,1-3H3. The van der Waals surface area contributed by atoms with Crippen molar-refractivity contribution in [3.8, 4) is 11.4 Å². The van der Waals surface area contributed by atoms with E-state index in [1.54, 1.807) is 37.0 Å². The van der Waals surface area contributed by atoms with Gasteiger partial charge in [0.05, 0.1) is 30.3 Å². The van der Waals surface area contributed by atoms with Crippen LogP contribution in [0.5, 0.6) is 5.75 Å². The normalized spacial score (nSPS) is 11.1. The second-order valence-electron chi connectivity index (χ2n) is 5.71. The van der Waals surface area contributed by atoms with E-state index in [0.29, 0.717) is 44.9 Å². The van der Waals surface area contributed by atoms with E-state index in [0.717, 1.165) is 5.56 Å². The number of hydrogen-bond donors (Lipinski definition) is 0. The van der Waals surface area contributed by atoms with Gasteiger partial charge in [-0.3, -0.25) is 9.36 Å². The minimum Gasteiger partial charge on any atom is -0.495 e. The number of nitrogens with zero attached hydrogens (tertiary/aromatic N) is 2. The second-order valence-corrected chi connectivity index (χ2v) is 7.21. The summed E-state index contributed by atoms with van der Waals surface area (Å²) in [7, 11) is 3.23. The molecule has 1 heterocycles. The predicted molar refractivity (Wildman–Crippen MR) is 106 cm³/mol. The Morgan fingerprint density at radius 3 is 2.73 bits per heavy atom. The van der Waals surface area contributed by atoms with Gasteiger partial charge in [0.25, 0.3) is 5.56 Å². The maximum atomic E-state index is 13.3. The Labute approximate surface area is 160 Å². The zero-order valence-corrected chi connectivity index (χ0v) is 16.4. The van der Waals surface area contributed by atoms with E-state index >= 15 is 0 Å². The molecule has 136 valence electrons. The van der Waals surface area contributed by atoms with Gasteiger partial charge in [-0.25, -0.2) is 4.98 Å². The summed E-state index contributed by atoms with van der Waals surface area (Å²) in [5.41, 5.74) is 2.11. The number of benzene rings is 2. The topological polar surface area (TPSA) is 53.3 Å². The number of ether oxygens (including phenoxy) is 2. The van der Waals surface area contributed by atoms with Gasteiger partial charge in [0.1, 0.15) is 5.75 Å². The van der Waals surface area contributed by atoms with Gasteiger partial charge >= 0.3 is 0 Å². The number of rotatable bonds is 6. The lowest BCUT2D eigenvalue weighted by Gasteiger charge is -2.16. The zero-order valence-electron chi connectivity index (χ0n) is 14.8. The highest BCUT2D eigenvalue weighted by Gasteiger charge is 2.17. The summed E-state index contributed by atoms with van der Waals surface area (Å²) in [4.78, 5) is 17.9. The van der Waals surface area contributed by atoms with Crippen LogP contribution in [0.15, 0.2) is 46.3 Å². The third-order valence-electron chi connectivity index (χ3n) is 3.89. The number of aryl methyl sites for hydroxylation is 1. The third kappa shape index (κ3) is 3.72. The largest absolute Gasteiger partial charge is 0.495 e. The number of fused-ring (bicyclic) bond motifs is 1. The molecule has 0 fully saturated rings. The van der Waals surface area contributed by atoms with Crippen molar-refractivity contribution in [1.29, 1.82) is 0 Å². The van der Waals surface area contributed by atoms with Crippen LogP contribution in [0.2, 0.25) is 5.02 Å². The Morgan fingerprint density at radius 1 is 1.19 bits per heavy atom. The van der Waals surface area contributed by atoms with E-state index in [2.05, 4.69) is 4.98 Å². The first-order valence-electron chi connectivity index (χ1n) is 8.04. The smallest absolute Gasteiger partial charge is 0.266 e. The lowest BCUT2D eigenvalue weighted by atomic mass is 10.2. The second kappa shape index (κ2) is 8.12. The summed E-state index contributed by atoms with van der Waals surface area (Å²) >= 11 is 7.53. The monoisotopic (exact) mass is 390 g/mol. The summed E-state index contributed by atoms with van der Waals surface area (Å²) in [6, 6.07) is 10.8. The molecule has 2 aromatic carbocycles. The first kappa shape index (κ1) is 18.8. The SMILES string of the molecule is COCCSc1nc2cc(Cl)ccc2c(=O)n1-c1cc(C)ccc1OC. The fraction of sp³-hybridized carbons (Fsp3) is 0.263. The molecule has 0 radical (unpaired) electrons. The molecule has 26 heavy (non-hydrogen) atoms. The van der Waals surface area contributed by atoms with Gasteiger partial charge in [0.2, 0.25) is 0 Å².